The molecule has 0 aliphatic rings. The van der Waals surface area contributed by atoms with Crippen molar-refractivity contribution in [1.29, 1.82) is 0 Å². The van der Waals surface area contributed by atoms with Crippen molar-refractivity contribution in [2.24, 2.45) is 5.73 Å². The molecule has 2 rings (SSSR count). The molecule has 0 bridgehead atoms. The maximum atomic E-state index is 12.0. The van der Waals surface area contributed by atoms with Crippen molar-refractivity contribution in [1.82, 2.24) is 4.98 Å². The molecule has 0 unspecified atom stereocenters. The van der Waals surface area contributed by atoms with Crippen LogP contribution in [0.5, 0.6) is 5.75 Å². The number of rotatable bonds is 8. The van der Waals surface area contributed by atoms with Crippen LogP contribution < -0.4 is 10.5 Å². The van der Waals surface area contributed by atoms with Crippen molar-refractivity contribution in [3.63, 3.8) is 0 Å². The summed E-state index contributed by atoms with van der Waals surface area (Å²) in [6.45, 7) is 8.93. The van der Waals surface area contributed by atoms with E-state index in [2.05, 4.69) is 4.98 Å². The van der Waals surface area contributed by atoms with E-state index in [1.165, 1.54) is 7.11 Å². The highest BCUT2D eigenvalue weighted by molar-refractivity contribution is 6.03. The van der Waals surface area contributed by atoms with Gasteiger partial charge in [-0.1, -0.05) is 0 Å². The molecule has 2 N–H and O–H groups in total. The number of esters is 1. The normalized spacial score (nSPS) is 12.2. The number of benzene rings is 1. The second kappa shape index (κ2) is 8.01. The summed E-state index contributed by atoms with van der Waals surface area (Å²) < 4.78 is 16.9. The minimum atomic E-state index is -0.548. The molecule has 1 aromatic carbocycles. The lowest BCUT2D eigenvalue weighted by Gasteiger charge is -2.32. The van der Waals surface area contributed by atoms with Gasteiger partial charge in [-0.05, 0) is 64.9 Å². The van der Waals surface area contributed by atoms with E-state index in [1.807, 2.05) is 39.8 Å². The van der Waals surface area contributed by atoms with Crippen molar-refractivity contribution in [3.05, 3.63) is 36.0 Å². The topological polar surface area (TPSA) is 83.7 Å². The molecule has 0 radical (unpaired) electrons. The first-order chi connectivity index (χ1) is 12.2. The van der Waals surface area contributed by atoms with Crippen LogP contribution in [0.25, 0.3) is 10.9 Å². The maximum Gasteiger partial charge on any atom is 0.338 e. The Morgan fingerprint density at radius 1 is 1.15 bits per heavy atom. The van der Waals surface area contributed by atoms with Crippen molar-refractivity contribution >= 4 is 16.9 Å². The first kappa shape index (κ1) is 20.1. The van der Waals surface area contributed by atoms with Crippen LogP contribution >= 0.6 is 0 Å². The molecule has 0 atom stereocenters. The Morgan fingerprint density at radius 2 is 1.88 bits per heavy atom. The molecule has 6 nitrogen and oxygen atoms in total. The van der Waals surface area contributed by atoms with Crippen molar-refractivity contribution in [2.75, 3.05) is 20.3 Å². The highest BCUT2D eigenvalue weighted by Gasteiger charge is 2.26. The highest BCUT2D eigenvalue weighted by Crippen LogP contribution is 2.27. The molecule has 0 fully saturated rings. The third kappa shape index (κ3) is 5.16. The molecule has 2 aromatic rings. The van der Waals surface area contributed by atoms with Gasteiger partial charge < -0.3 is 19.9 Å². The van der Waals surface area contributed by atoms with Gasteiger partial charge in [0, 0.05) is 11.6 Å². The van der Waals surface area contributed by atoms with E-state index in [9.17, 15) is 4.79 Å². The predicted octanol–water partition coefficient (Wildman–Crippen LogP) is 3.32. The quantitative estimate of drug-likeness (QED) is 0.727. The number of fused-ring (bicyclic) bond motifs is 1. The molecule has 0 aliphatic carbocycles. The van der Waals surface area contributed by atoms with Crippen LogP contribution in [0.4, 0.5) is 0 Å². The SMILES string of the molecule is COC(=O)c1ccnc2ccc(OC(C)(C)COC(C)(C)CCN)cc12. The first-order valence-electron chi connectivity index (χ1n) is 8.67. The number of nitrogens with zero attached hydrogens (tertiary/aromatic N) is 1. The van der Waals surface area contributed by atoms with Gasteiger partial charge in [-0.2, -0.15) is 0 Å². The fourth-order valence-corrected chi connectivity index (χ4v) is 2.61. The smallest absolute Gasteiger partial charge is 0.338 e. The summed E-state index contributed by atoms with van der Waals surface area (Å²) in [6, 6.07) is 7.11. The average molecular weight is 360 g/mol. The Bertz CT molecular complexity index is 771. The lowest BCUT2D eigenvalue weighted by atomic mass is 10.0. The molecule has 0 amide bonds. The third-order valence-electron chi connectivity index (χ3n) is 4.07. The number of pyridine rings is 1. The molecular weight excluding hydrogens is 332 g/mol. The summed E-state index contributed by atoms with van der Waals surface area (Å²) in [7, 11) is 1.36. The molecule has 1 aromatic heterocycles. The fourth-order valence-electron chi connectivity index (χ4n) is 2.61. The van der Waals surface area contributed by atoms with Crippen LogP contribution in [0.2, 0.25) is 0 Å². The molecule has 1 heterocycles. The van der Waals surface area contributed by atoms with E-state index in [-0.39, 0.29) is 5.60 Å². The van der Waals surface area contributed by atoms with Crippen LogP contribution in [-0.2, 0) is 9.47 Å². The van der Waals surface area contributed by atoms with E-state index in [4.69, 9.17) is 19.9 Å². The molecule has 6 heteroatoms. The Morgan fingerprint density at radius 3 is 2.54 bits per heavy atom. The zero-order chi connectivity index (χ0) is 19.4. The minimum absolute atomic E-state index is 0.305. The summed E-state index contributed by atoms with van der Waals surface area (Å²) in [5, 5.41) is 0.692. The van der Waals surface area contributed by atoms with Crippen LogP contribution in [0.1, 0.15) is 44.5 Å². The van der Waals surface area contributed by atoms with E-state index >= 15 is 0 Å². The van der Waals surface area contributed by atoms with Crippen molar-refractivity contribution in [2.45, 2.75) is 45.3 Å². The fraction of sp³-hybridized carbons (Fsp3) is 0.500. The minimum Gasteiger partial charge on any atom is -0.485 e. The largest absolute Gasteiger partial charge is 0.485 e. The van der Waals surface area contributed by atoms with Gasteiger partial charge >= 0.3 is 5.97 Å². The second-order valence-corrected chi connectivity index (χ2v) is 7.48. The number of hydrogen-bond donors (Lipinski definition) is 1. The number of carbonyl (C=O) groups excluding carboxylic acids is 1. The molecule has 0 spiro atoms. The molecular formula is C20H28N2O4. The van der Waals surface area contributed by atoms with Gasteiger partial charge in [0.1, 0.15) is 11.4 Å². The number of ether oxygens (including phenoxy) is 3. The number of methoxy groups -OCH3 is 1. The van der Waals surface area contributed by atoms with Crippen molar-refractivity contribution in [3.8, 4) is 5.75 Å². The molecule has 0 saturated carbocycles. The van der Waals surface area contributed by atoms with E-state index in [0.29, 0.717) is 35.4 Å². The average Bonchev–Trinajstić information content (AvgIpc) is 2.59. The third-order valence-corrected chi connectivity index (χ3v) is 4.07. The first-order valence-corrected chi connectivity index (χ1v) is 8.67. The predicted molar refractivity (Wildman–Crippen MR) is 101 cm³/mol. The van der Waals surface area contributed by atoms with Gasteiger partial charge in [0.25, 0.3) is 0 Å². The summed E-state index contributed by atoms with van der Waals surface area (Å²) in [6.07, 6.45) is 2.36. The Hall–Kier alpha value is -2.18. The lowest BCUT2D eigenvalue weighted by molar-refractivity contribution is -0.0833. The summed E-state index contributed by atoms with van der Waals surface area (Å²) in [5.41, 5.74) is 5.94. The number of nitrogens with two attached hydrogens (primary N) is 1. The van der Waals surface area contributed by atoms with Crippen LogP contribution in [0, 0.1) is 0 Å². The van der Waals surface area contributed by atoms with Gasteiger partial charge in [-0.25, -0.2) is 4.79 Å². The Kier molecular flexibility index (Phi) is 6.21. The van der Waals surface area contributed by atoms with Gasteiger partial charge in [-0.15, -0.1) is 0 Å². The van der Waals surface area contributed by atoms with Crippen LogP contribution in [-0.4, -0.2) is 42.4 Å². The highest BCUT2D eigenvalue weighted by atomic mass is 16.6. The number of hydrogen-bond acceptors (Lipinski definition) is 6. The molecule has 0 aliphatic heterocycles. The van der Waals surface area contributed by atoms with Gasteiger partial charge in [0.15, 0.2) is 0 Å². The summed E-state index contributed by atoms with van der Waals surface area (Å²) in [5.74, 6) is 0.238. The molecule has 0 saturated heterocycles. The summed E-state index contributed by atoms with van der Waals surface area (Å²) >= 11 is 0. The second-order valence-electron chi connectivity index (χ2n) is 7.48. The maximum absolute atomic E-state index is 12.0. The molecule has 142 valence electrons. The Labute approximate surface area is 154 Å². The lowest BCUT2D eigenvalue weighted by Crippen LogP contribution is -2.39. The Balaban J connectivity index is 2.20. The number of aromatic nitrogens is 1. The molecule has 26 heavy (non-hydrogen) atoms. The zero-order valence-electron chi connectivity index (χ0n) is 16.2. The van der Waals surface area contributed by atoms with Gasteiger partial charge in [0.2, 0.25) is 0 Å². The van der Waals surface area contributed by atoms with E-state index in [0.717, 1.165) is 6.42 Å². The monoisotopic (exact) mass is 360 g/mol. The van der Waals surface area contributed by atoms with Crippen LogP contribution in [0.15, 0.2) is 30.5 Å². The van der Waals surface area contributed by atoms with Gasteiger partial charge in [-0.3, -0.25) is 4.98 Å². The standard InChI is InChI=1S/C20H28N2O4/c1-19(2,9-10-21)25-13-20(3,4)26-14-6-7-17-16(12-14)15(8-11-22-17)18(23)24-5/h6-8,11-12H,9-10,13,21H2,1-5H3. The van der Waals surface area contributed by atoms with Crippen LogP contribution in [0.3, 0.4) is 0 Å². The summed E-state index contributed by atoms with van der Waals surface area (Å²) in [4.78, 5) is 16.3. The van der Waals surface area contributed by atoms with Crippen molar-refractivity contribution < 1.29 is 19.0 Å². The number of carbonyl (C=O) groups is 1. The van der Waals surface area contributed by atoms with E-state index in [1.54, 1.807) is 18.3 Å². The van der Waals surface area contributed by atoms with Gasteiger partial charge in [0.05, 0.1) is 30.4 Å². The zero-order valence-corrected chi connectivity index (χ0v) is 16.2. The van der Waals surface area contributed by atoms with E-state index < -0.39 is 11.6 Å².